The lowest BCUT2D eigenvalue weighted by Crippen LogP contribution is -2.50. The lowest BCUT2D eigenvalue weighted by molar-refractivity contribution is 0.208. The van der Waals surface area contributed by atoms with Gasteiger partial charge in [0.15, 0.2) is 0 Å². The predicted octanol–water partition coefficient (Wildman–Crippen LogP) is 4.20. The molecule has 0 aromatic carbocycles. The highest BCUT2D eigenvalue weighted by Crippen LogP contribution is 2.33. The normalized spacial score (nSPS) is 31.7. The molecule has 0 radical (unpaired) electrons. The summed E-state index contributed by atoms with van der Waals surface area (Å²) < 4.78 is 0. The first-order chi connectivity index (χ1) is 7.37. The van der Waals surface area contributed by atoms with Crippen molar-refractivity contribution in [2.24, 2.45) is 11.3 Å². The molecule has 2 heteroatoms. The summed E-state index contributed by atoms with van der Waals surface area (Å²) in [5, 5.41) is 3.73. The van der Waals surface area contributed by atoms with E-state index in [0.29, 0.717) is 5.41 Å². The van der Waals surface area contributed by atoms with E-state index in [2.05, 4.69) is 33.0 Å². The maximum Gasteiger partial charge on any atom is 0.0406 e. The molecule has 96 valence electrons. The van der Waals surface area contributed by atoms with E-state index in [1.54, 1.807) is 0 Å². The Bertz CT molecular complexity index is 199. The lowest BCUT2D eigenvalue weighted by atomic mass is 9.78. The van der Waals surface area contributed by atoms with Crippen LogP contribution in [0.25, 0.3) is 0 Å². The summed E-state index contributed by atoms with van der Waals surface area (Å²) in [4.78, 5) is 0. The Kier molecular flexibility index (Phi) is 5.12. The van der Waals surface area contributed by atoms with E-state index < -0.39 is 0 Å². The van der Waals surface area contributed by atoms with Gasteiger partial charge in [0.25, 0.3) is 0 Å². The molecule has 0 heterocycles. The molecule has 0 aromatic heterocycles. The molecule has 0 aliphatic heterocycles. The van der Waals surface area contributed by atoms with E-state index >= 15 is 0 Å². The largest absolute Gasteiger partial charge is 0.310 e. The molecule has 16 heavy (non-hydrogen) atoms. The first-order valence-corrected chi connectivity index (χ1v) is 7.21. The summed E-state index contributed by atoms with van der Waals surface area (Å²) in [6.07, 6.45) is 6.38. The average Bonchev–Trinajstić information content (AvgIpc) is 2.20. The molecule has 0 amide bonds. The van der Waals surface area contributed by atoms with Crippen LogP contribution >= 0.6 is 11.6 Å². The van der Waals surface area contributed by atoms with Gasteiger partial charge < -0.3 is 5.32 Å². The number of rotatable bonds is 4. The molecule has 0 bridgehead atoms. The summed E-state index contributed by atoms with van der Waals surface area (Å²) in [5.74, 6) is 1.66. The number of alkyl halides is 1. The van der Waals surface area contributed by atoms with Crippen LogP contribution in [0.15, 0.2) is 0 Å². The molecule has 1 N–H and O–H groups in total. The molecule has 0 saturated heterocycles. The molecule has 0 unspecified atom stereocenters. The zero-order valence-electron chi connectivity index (χ0n) is 11.4. The smallest absolute Gasteiger partial charge is 0.0406 e. The quantitative estimate of drug-likeness (QED) is 0.732. The maximum atomic E-state index is 6.17. The van der Waals surface area contributed by atoms with Crippen LogP contribution in [0.3, 0.4) is 0 Å². The predicted molar refractivity (Wildman–Crippen MR) is 73.2 cm³/mol. The van der Waals surface area contributed by atoms with Crippen molar-refractivity contribution in [1.82, 2.24) is 5.32 Å². The van der Waals surface area contributed by atoms with Crippen molar-refractivity contribution in [2.45, 2.75) is 65.3 Å². The van der Waals surface area contributed by atoms with Gasteiger partial charge in [-0.15, -0.1) is 11.6 Å². The molecule has 1 rings (SSSR count). The third-order valence-electron chi connectivity index (χ3n) is 3.86. The molecule has 0 aromatic rings. The molecular formula is C14H28ClN. The van der Waals surface area contributed by atoms with Crippen molar-refractivity contribution in [3.63, 3.8) is 0 Å². The van der Waals surface area contributed by atoms with Crippen LogP contribution in [0.5, 0.6) is 0 Å². The molecule has 1 nitrogen and oxygen atoms in total. The second kappa shape index (κ2) is 5.73. The summed E-state index contributed by atoms with van der Waals surface area (Å²) in [5.41, 5.74) is 0.655. The van der Waals surface area contributed by atoms with E-state index in [1.165, 1.54) is 32.1 Å². The van der Waals surface area contributed by atoms with E-state index in [-0.39, 0.29) is 5.54 Å². The van der Waals surface area contributed by atoms with Gasteiger partial charge >= 0.3 is 0 Å². The Balaban J connectivity index is 2.36. The third-order valence-corrected chi connectivity index (χ3v) is 4.37. The summed E-state index contributed by atoms with van der Waals surface area (Å²) >= 11 is 6.17. The van der Waals surface area contributed by atoms with Gasteiger partial charge in [0, 0.05) is 11.4 Å². The minimum atomic E-state index is 0.235. The van der Waals surface area contributed by atoms with Gasteiger partial charge in [0.2, 0.25) is 0 Å². The van der Waals surface area contributed by atoms with Crippen molar-refractivity contribution in [2.75, 3.05) is 12.4 Å². The van der Waals surface area contributed by atoms with Gasteiger partial charge in [-0.05, 0) is 50.0 Å². The molecule has 1 aliphatic carbocycles. The number of hydrogen-bond acceptors (Lipinski definition) is 1. The Morgan fingerprint density at radius 1 is 1.25 bits per heavy atom. The first kappa shape index (κ1) is 14.3. The van der Waals surface area contributed by atoms with Crippen molar-refractivity contribution < 1.29 is 0 Å². The molecule has 1 saturated carbocycles. The van der Waals surface area contributed by atoms with Crippen LogP contribution in [-0.2, 0) is 0 Å². The fraction of sp³-hybridized carbons (Fsp3) is 1.00. The van der Waals surface area contributed by atoms with Crippen LogP contribution in [0.4, 0.5) is 0 Å². The molecule has 1 fully saturated rings. The van der Waals surface area contributed by atoms with Crippen LogP contribution in [0.2, 0.25) is 0 Å². The van der Waals surface area contributed by atoms with Crippen molar-refractivity contribution >= 4 is 11.6 Å². The van der Waals surface area contributed by atoms with E-state index in [9.17, 15) is 0 Å². The van der Waals surface area contributed by atoms with Gasteiger partial charge in [-0.2, -0.15) is 0 Å². The Hall–Kier alpha value is 0.250. The summed E-state index contributed by atoms with van der Waals surface area (Å²) in [7, 11) is 0. The van der Waals surface area contributed by atoms with Crippen molar-refractivity contribution in [3.05, 3.63) is 0 Å². The highest BCUT2D eigenvalue weighted by molar-refractivity contribution is 6.18. The Morgan fingerprint density at radius 3 is 2.25 bits per heavy atom. The Labute approximate surface area is 106 Å². The minimum absolute atomic E-state index is 0.235. The topological polar surface area (TPSA) is 12.0 Å². The van der Waals surface area contributed by atoms with Crippen LogP contribution in [0, 0.1) is 11.3 Å². The molecule has 0 atom stereocenters. The van der Waals surface area contributed by atoms with Crippen molar-refractivity contribution in [3.8, 4) is 0 Å². The van der Waals surface area contributed by atoms with E-state index in [1.807, 2.05) is 0 Å². The second-order valence-corrected chi connectivity index (χ2v) is 7.10. The van der Waals surface area contributed by atoms with Crippen LogP contribution in [-0.4, -0.2) is 18.0 Å². The maximum absolute atomic E-state index is 6.17. The fourth-order valence-corrected chi connectivity index (χ4v) is 2.74. The van der Waals surface area contributed by atoms with Crippen LogP contribution < -0.4 is 5.32 Å². The van der Waals surface area contributed by atoms with Gasteiger partial charge in [-0.25, -0.2) is 0 Å². The van der Waals surface area contributed by atoms with Crippen molar-refractivity contribution in [1.29, 1.82) is 0 Å². The standard InChI is InChI=1S/C14H28ClN/c1-12-5-7-14(11-15,8-6-12)16-10-9-13(2,3)4/h12,16H,5-11H2,1-4H3. The number of hydrogen-bond donors (Lipinski definition) is 1. The lowest BCUT2D eigenvalue weighted by Gasteiger charge is -2.39. The zero-order valence-corrected chi connectivity index (χ0v) is 12.2. The van der Waals surface area contributed by atoms with E-state index in [4.69, 9.17) is 11.6 Å². The molecule has 1 aliphatic rings. The molecular weight excluding hydrogens is 218 g/mol. The SMILES string of the molecule is CC1CCC(CCl)(NCCC(C)(C)C)CC1. The first-order valence-electron chi connectivity index (χ1n) is 6.68. The monoisotopic (exact) mass is 245 g/mol. The Morgan fingerprint density at radius 2 is 1.81 bits per heavy atom. The third kappa shape index (κ3) is 4.63. The van der Waals surface area contributed by atoms with Gasteiger partial charge in [-0.3, -0.25) is 0 Å². The van der Waals surface area contributed by atoms with Gasteiger partial charge in [-0.1, -0.05) is 27.7 Å². The minimum Gasteiger partial charge on any atom is -0.310 e. The highest BCUT2D eigenvalue weighted by Gasteiger charge is 2.32. The van der Waals surface area contributed by atoms with Crippen LogP contribution in [0.1, 0.15) is 59.8 Å². The second-order valence-electron chi connectivity index (χ2n) is 6.83. The molecule has 0 spiro atoms. The van der Waals surface area contributed by atoms with Gasteiger partial charge in [0.05, 0.1) is 0 Å². The highest BCUT2D eigenvalue weighted by atomic mass is 35.5. The zero-order chi connectivity index (χ0) is 12.2. The fourth-order valence-electron chi connectivity index (χ4n) is 2.38. The van der Waals surface area contributed by atoms with Gasteiger partial charge in [0.1, 0.15) is 0 Å². The van der Waals surface area contributed by atoms with E-state index in [0.717, 1.165) is 18.3 Å². The number of nitrogens with one attached hydrogen (secondary N) is 1. The number of halogens is 1. The summed E-state index contributed by atoms with van der Waals surface area (Å²) in [6.45, 7) is 10.3. The summed E-state index contributed by atoms with van der Waals surface area (Å²) in [6, 6.07) is 0. The average molecular weight is 246 g/mol.